The lowest BCUT2D eigenvalue weighted by atomic mass is 9.84. The van der Waals surface area contributed by atoms with Gasteiger partial charge in [-0.05, 0) is 60.2 Å². The third-order valence-corrected chi connectivity index (χ3v) is 6.26. The molecule has 1 aliphatic carbocycles. The van der Waals surface area contributed by atoms with Crippen molar-refractivity contribution in [2.24, 2.45) is 5.92 Å². The number of halogens is 3. The van der Waals surface area contributed by atoms with E-state index in [1.165, 1.54) is 30.4 Å². The number of ether oxygens (including phenoxy) is 2. The Morgan fingerprint density at radius 1 is 1.16 bits per heavy atom. The van der Waals surface area contributed by atoms with Crippen LogP contribution >= 0.6 is 0 Å². The maximum absolute atomic E-state index is 12.6. The Kier molecular flexibility index (Phi) is 6.55. The van der Waals surface area contributed by atoms with Gasteiger partial charge in [-0.15, -0.1) is 0 Å². The van der Waals surface area contributed by atoms with E-state index in [0.29, 0.717) is 18.2 Å². The molecule has 0 N–H and O–H groups in total. The van der Waals surface area contributed by atoms with E-state index >= 15 is 0 Å². The molecular formula is C25H26F3NO3. The molecule has 0 bridgehead atoms. The quantitative estimate of drug-likeness (QED) is 0.601. The Morgan fingerprint density at radius 2 is 1.91 bits per heavy atom. The summed E-state index contributed by atoms with van der Waals surface area (Å²) < 4.78 is 48.7. The second kappa shape index (κ2) is 9.36. The molecule has 170 valence electrons. The molecule has 4 nitrogen and oxygen atoms in total. The number of esters is 1. The number of fused-ring (bicyclic) bond motifs is 1. The molecule has 1 saturated heterocycles. The molecule has 0 saturated carbocycles. The minimum Gasteiger partial charge on any atom is -0.489 e. The Bertz CT molecular complexity index is 979. The van der Waals surface area contributed by atoms with Gasteiger partial charge in [0.05, 0.1) is 18.6 Å². The first kappa shape index (κ1) is 22.4. The zero-order chi connectivity index (χ0) is 22.7. The zero-order valence-electron chi connectivity index (χ0n) is 17.9. The van der Waals surface area contributed by atoms with Crippen molar-refractivity contribution in [2.75, 3.05) is 26.8 Å². The Labute approximate surface area is 185 Å². The molecule has 0 amide bonds. The molecule has 1 atom stereocenters. The molecular weight excluding hydrogens is 419 g/mol. The molecule has 32 heavy (non-hydrogen) atoms. The first-order chi connectivity index (χ1) is 15.3. The predicted molar refractivity (Wildman–Crippen MR) is 115 cm³/mol. The summed E-state index contributed by atoms with van der Waals surface area (Å²) in [5.74, 6) is 0.721. The number of methoxy groups -OCH3 is 1. The third kappa shape index (κ3) is 4.99. The number of benzene rings is 2. The van der Waals surface area contributed by atoms with Crippen LogP contribution in [-0.2, 0) is 28.5 Å². The lowest BCUT2D eigenvalue weighted by Crippen LogP contribution is -2.56. The Morgan fingerprint density at radius 3 is 2.59 bits per heavy atom. The minimum atomic E-state index is -4.32. The molecule has 7 heteroatoms. The van der Waals surface area contributed by atoms with Crippen LogP contribution in [0.3, 0.4) is 0 Å². The van der Waals surface area contributed by atoms with Crippen LogP contribution in [0.1, 0.15) is 28.7 Å². The third-order valence-electron chi connectivity index (χ3n) is 6.26. The standard InChI is InChI=1S/C25H26F3NO3/c1-31-24(30)19-15-29(16-19)21-11-12-22-18(14-21)5-2-6-23(22)32-13-3-4-17-7-9-20(10-8-17)25(26,27)28/h2-10,19,21H,11-16H2,1H3/b4-3+. The predicted octanol–water partition coefficient (Wildman–Crippen LogP) is 4.76. The molecule has 0 aromatic heterocycles. The lowest BCUT2D eigenvalue weighted by molar-refractivity contribution is -0.152. The van der Waals surface area contributed by atoms with E-state index in [4.69, 9.17) is 9.47 Å². The van der Waals surface area contributed by atoms with Crippen LogP contribution in [0.4, 0.5) is 13.2 Å². The fourth-order valence-corrected chi connectivity index (χ4v) is 4.43. The van der Waals surface area contributed by atoms with E-state index in [1.54, 1.807) is 12.2 Å². The molecule has 0 spiro atoms. The minimum absolute atomic E-state index is 0.00693. The van der Waals surface area contributed by atoms with Crippen molar-refractivity contribution in [1.29, 1.82) is 0 Å². The van der Waals surface area contributed by atoms with Gasteiger partial charge >= 0.3 is 12.1 Å². The van der Waals surface area contributed by atoms with Crippen molar-refractivity contribution in [2.45, 2.75) is 31.5 Å². The van der Waals surface area contributed by atoms with Gasteiger partial charge in [-0.3, -0.25) is 9.69 Å². The number of rotatable bonds is 6. The van der Waals surface area contributed by atoms with Crippen LogP contribution in [0, 0.1) is 5.92 Å². The Balaban J connectivity index is 1.31. The smallest absolute Gasteiger partial charge is 0.416 e. The first-order valence-electron chi connectivity index (χ1n) is 10.7. The average molecular weight is 445 g/mol. The molecule has 0 radical (unpaired) electrons. The van der Waals surface area contributed by atoms with E-state index in [-0.39, 0.29) is 11.9 Å². The lowest BCUT2D eigenvalue weighted by Gasteiger charge is -2.44. The number of hydrogen-bond donors (Lipinski definition) is 0. The van der Waals surface area contributed by atoms with Crippen molar-refractivity contribution < 1.29 is 27.4 Å². The second-order valence-electron chi connectivity index (χ2n) is 8.30. The highest BCUT2D eigenvalue weighted by Crippen LogP contribution is 2.34. The summed E-state index contributed by atoms with van der Waals surface area (Å²) in [7, 11) is 1.43. The average Bonchev–Trinajstić information content (AvgIpc) is 2.75. The highest BCUT2D eigenvalue weighted by Gasteiger charge is 2.38. The van der Waals surface area contributed by atoms with Crippen LogP contribution in [0.2, 0.25) is 0 Å². The van der Waals surface area contributed by atoms with Crippen LogP contribution in [0.15, 0.2) is 48.5 Å². The summed E-state index contributed by atoms with van der Waals surface area (Å²) in [4.78, 5) is 14.0. The fourth-order valence-electron chi connectivity index (χ4n) is 4.43. The topological polar surface area (TPSA) is 38.8 Å². The molecule has 2 aromatic carbocycles. The van der Waals surface area contributed by atoms with Crippen LogP contribution in [-0.4, -0.2) is 43.7 Å². The summed E-state index contributed by atoms with van der Waals surface area (Å²) >= 11 is 0. The van der Waals surface area contributed by atoms with E-state index in [9.17, 15) is 18.0 Å². The summed E-state index contributed by atoms with van der Waals surface area (Å²) in [6.45, 7) is 1.86. The molecule has 1 fully saturated rings. The number of likely N-dealkylation sites (tertiary alicyclic amines) is 1. The molecule has 2 aliphatic rings. The van der Waals surface area contributed by atoms with Gasteiger partial charge in [0.1, 0.15) is 12.4 Å². The van der Waals surface area contributed by atoms with Crippen LogP contribution < -0.4 is 4.74 Å². The molecule has 1 aliphatic heterocycles. The largest absolute Gasteiger partial charge is 0.489 e. The number of carbonyl (C=O) groups excluding carboxylic acids is 1. The van der Waals surface area contributed by atoms with Gasteiger partial charge in [-0.25, -0.2) is 0 Å². The number of nitrogens with zero attached hydrogens (tertiary/aromatic N) is 1. The first-order valence-corrected chi connectivity index (χ1v) is 10.7. The van der Waals surface area contributed by atoms with Crippen molar-refractivity contribution in [3.8, 4) is 5.75 Å². The van der Waals surface area contributed by atoms with Gasteiger partial charge in [-0.2, -0.15) is 13.2 Å². The summed E-state index contributed by atoms with van der Waals surface area (Å²) in [6, 6.07) is 11.6. The van der Waals surface area contributed by atoms with E-state index < -0.39 is 11.7 Å². The molecule has 1 heterocycles. The Hall–Kier alpha value is -2.80. The van der Waals surface area contributed by atoms with E-state index in [2.05, 4.69) is 11.0 Å². The highest BCUT2D eigenvalue weighted by molar-refractivity contribution is 5.73. The van der Waals surface area contributed by atoms with Crippen molar-refractivity contribution in [1.82, 2.24) is 4.90 Å². The zero-order valence-corrected chi connectivity index (χ0v) is 17.9. The van der Waals surface area contributed by atoms with Gasteiger partial charge in [0.25, 0.3) is 0 Å². The number of carbonyl (C=O) groups is 1. The summed E-state index contributed by atoms with van der Waals surface area (Å²) in [5.41, 5.74) is 2.53. The van der Waals surface area contributed by atoms with E-state index in [1.807, 2.05) is 12.1 Å². The van der Waals surface area contributed by atoms with Gasteiger partial charge in [0.15, 0.2) is 0 Å². The van der Waals surface area contributed by atoms with Gasteiger partial charge in [-0.1, -0.05) is 30.3 Å². The fraction of sp³-hybridized carbons (Fsp3) is 0.400. The van der Waals surface area contributed by atoms with Crippen molar-refractivity contribution >= 4 is 12.0 Å². The summed E-state index contributed by atoms with van der Waals surface area (Å²) in [6.07, 6.45) is 2.10. The molecule has 4 rings (SSSR count). The number of alkyl halides is 3. The van der Waals surface area contributed by atoms with Gasteiger partial charge in [0, 0.05) is 19.1 Å². The monoisotopic (exact) mass is 445 g/mol. The summed E-state index contributed by atoms with van der Waals surface area (Å²) in [5, 5.41) is 0. The maximum Gasteiger partial charge on any atom is 0.416 e. The second-order valence-corrected chi connectivity index (χ2v) is 8.30. The normalized spacial score (nSPS) is 19.4. The molecule has 1 unspecified atom stereocenters. The van der Waals surface area contributed by atoms with Gasteiger partial charge in [0.2, 0.25) is 0 Å². The van der Waals surface area contributed by atoms with Crippen molar-refractivity contribution in [3.63, 3.8) is 0 Å². The van der Waals surface area contributed by atoms with Gasteiger partial charge < -0.3 is 9.47 Å². The highest BCUT2D eigenvalue weighted by atomic mass is 19.4. The van der Waals surface area contributed by atoms with Crippen molar-refractivity contribution in [3.05, 3.63) is 70.8 Å². The maximum atomic E-state index is 12.6. The SMILES string of the molecule is COC(=O)C1CN(C2CCc3c(cccc3OC/C=C/c3ccc(C(F)(F)F)cc3)C2)C1. The van der Waals surface area contributed by atoms with Crippen LogP contribution in [0.5, 0.6) is 5.75 Å². The van der Waals surface area contributed by atoms with E-state index in [0.717, 1.165) is 50.2 Å². The van der Waals surface area contributed by atoms with Crippen LogP contribution in [0.25, 0.3) is 6.08 Å². The number of hydrogen-bond acceptors (Lipinski definition) is 4. The molecule has 2 aromatic rings.